The first-order valence-electron chi connectivity index (χ1n) is 6.77. The van der Waals surface area contributed by atoms with Crippen molar-refractivity contribution < 1.29 is 10.0 Å². The Bertz CT molecular complexity index is 498. The van der Waals surface area contributed by atoms with Gasteiger partial charge in [0.05, 0.1) is 0 Å². The van der Waals surface area contributed by atoms with E-state index in [0.717, 1.165) is 11.3 Å². The lowest BCUT2D eigenvalue weighted by molar-refractivity contribution is -0.121. The summed E-state index contributed by atoms with van der Waals surface area (Å²) < 4.78 is 0. The Morgan fingerprint density at radius 1 is 1.45 bits per heavy atom. The van der Waals surface area contributed by atoms with E-state index in [0.29, 0.717) is 6.54 Å². The first kappa shape index (κ1) is 16.0. The summed E-state index contributed by atoms with van der Waals surface area (Å²) in [5.74, 6) is -0.864. The van der Waals surface area contributed by atoms with Crippen LogP contribution in [0.5, 0.6) is 0 Å². The predicted octanol–water partition coefficient (Wildman–Crippen LogP) is 2.37. The fraction of sp³-hybridized carbons (Fsp3) is 0.467. The number of carbonyl (C=O) groups is 1. The Hall–Kier alpha value is -2.04. The number of rotatable bonds is 5. The van der Waals surface area contributed by atoms with Crippen molar-refractivity contribution >= 4 is 17.4 Å². The zero-order valence-electron chi connectivity index (χ0n) is 12.5. The number of amides is 1. The molecule has 1 rings (SSSR count). The molecule has 20 heavy (non-hydrogen) atoms. The summed E-state index contributed by atoms with van der Waals surface area (Å²) in [6, 6.07) is 7.73. The van der Waals surface area contributed by atoms with Crippen LogP contribution in [0.1, 0.15) is 26.3 Å². The molecule has 0 bridgehead atoms. The van der Waals surface area contributed by atoms with E-state index in [4.69, 9.17) is 10.9 Å². The molecule has 0 saturated heterocycles. The molecule has 0 heterocycles. The SMILES string of the molecule is CCN(C(=O)C(C(N)=NO)C(C)C)c1cccc(C)c1. The van der Waals surface area contributed by atoms with E-state index in [1.807, 2.05) is 52.0 Å². The normalized spacial score (nSPS) is 13.3. The molecule has 0 aromatic heterocycles. The highest BCUT2D eigenvalue weighted by molar-refractivity contribution is 6.09. The summed E-state index contributed by atoms with van der Waals surface area (Å²) in [5.41, 5.74) is 7.58. The molecule has 1 atom stereocenters. The fourth-order valence-corrected chi connectivity index (χ4v) is 2.24. The number of hydrogen-bond donors (Lipinski definition) is 2. The van der Waals surface area contributed by atoms with Crippen LogP contribution in [0.2, 0.25) is 0 Å². The zero-order valence-corrected chi connectivity index (χ0v) is 12.5. The van der Waals surface area contributed by atoms with Crippen LogP contribution in [0.25, 0.3) is 0 Å². The van der Waals surface area contributed by atoms with Gasteiger partial charge in [-0.2, -0.15) is 0 Å². The van der Waals surface area contributed by atoms with Gasteiger partial charge < -0.3 is 15.8 Å². The third-order valence-electron chi connectivity index (χ3n) is 3.26. The number of oxime groups is 1. The number of hydrogen-bond acceptors (Lipinski definition) is 3. The first-order valence-corrected chi connectivity index (χ1v) is 6.77. The summed E-state index contributed by atoms with van der Waals surface area (Å²) in [6.07, 6.45) is 0. The van der Waals surface area contributed by atoms with Gasteiger partial charge in [-0.1, -0.05) is 31.1 Å². The lowest BCUT2D eigenvalue weighted by Crippen LogP contribution is -2.44. The number of nitrogens with two attached hydrogens (primary N) is 1. The van der Waals surface area contributed by atoms with Crippen LogP contribution in [0.3, 0.4) is 0 Å². The molecule has 0 aliphatic carbocycles. The topological polar surface area (TPSA) is 78.9 Å². The number of amidine groups is 1. The van der Waals surface area contributed by atoms with Crippen molar-refractivity contribution in [3.05, 3.63) is 29.8 Å². The van der Waals surface area contributed by atoms with E-state index in [1.54, 1.807) is 4.90 Å². The standard InChI is InChI=1S/C15H23N3O2/c1-5-18(12-8-6-7-11(4)9-12)15(19)13(10(2)3)14(16)17-20/h6-10,13,20H,5H2,1-4H3,(H2,16,17). The van der Waals surface area contributed by atoms with Crippen molar-refractivity contribution in [2.45, 2.75) is 27.7 Å². The van der Waals surface area contributed by atoms with Crippen molar-refractivity contribution in [2.75, 3.05) is 11.4 Å². The maximum Gasteiger partial charge on any atom is 0.238 e. The lowest BCUT2D eigenvalue weighted by atomic mass is 9.93. The number of anilines is 1. The molecule has 1 unspecified atom stereocenters. The van der Waals surface area contributed by atoms with Crippen LogP contribution < -0.4 is 10.6 Å². The second-order valence-corrected chi connectivity index (χ2v) is 5.17. The van der Waals surface area contributed by atoms with Crippen molar-refractivity contribution in [1.82, 2.24) is 0 Å². The monoisotopic (exact) mass is 277 g/mol. The van der Waals surface area contributed by atoms with Gasteiger partial charge in [-0.3, -0.25) is 4.79 Å². The second kappa shape index (κ2) is 6.93. The highest BCUT2D eigenvalue weighted by Crippen LogP contribution is 2.21. The summed E-state index contributed by atoms with van der Waals surface area (Å²) in [5, 5.41) is 11.9. The molecule has 0 aliphatic rings. The van der Waals surface area contributed by atoms with Crippen LogP contribution in [-0.4, -0.2) is 23.5 Å². The predicted molar refractivity (Wildman–Crippen MR) is 80.9 cm³/mol. The number of carbonyl (C=O) groups excluding carboxylic acids is 1. The Morgan fingerprint density at radius 3 is 2.55 bits per heavy atom. The molecule has 1 amide bonds. The fourth-order valence-electron chi connectivity index (χ4n) is 2.24. The summed E-state index contributed by atoms with van der Waals surface area (Å²) in [7, 11) is 0. The van der Waals surface area contributed by atoms with E-state index in [9.17, 15) is 4.79 Å². The molecule has 1 aromatic rings. The Kier molecular flexibility index (Phi) is 5.55. The maximum atomic E-state index is 12.7. The lowest BCUT2D eigenvalue weighted by Gasteiger charge is -2.28. The van der Waals surface area contributed by atoms with Crippen LogP contribution in [0.4, 0.5) is 5.69 Å². The molecular formula is C15H23N3O2. The Morgan fingerprint density at radius 2 is 2.10 bits per heavy atom. The largest absolute Gasteiger partial charge is 0.409 e. The molecule has 0 aliphatic heterocycles. The van der Waals surface area contributed by atoms with E-state index < -0.39 is 5.92 Å². The minimum atomic E-state index is -0.625. The molecule has 5 heteroatoms. The van der Waals surface area contributed by atoms with Crippen molar-refractivity contribution in [3.63, 3.8) is 0 Å². The molecule has 0 radical (unpaired) electrons. The molecule has 1 aromatic carbocycles. The third kappa shape index (κ3) is 3.50. The van der Waals surface area contributed by atoms with Crippen LogP contribution in [-0.2, 0) is 4.79 Å². The van der Waals surface area contributed by atoms with E-state index in [-0.39, 0.29) is 17.7 Å². The molecule has 5 nitrogen and oxygen atoms in total. The third-order valence-corrected chi connectivity index (χ3v) is 3.26. The van der Waals surface area contributed by atoms with Gasteiger partial charge in [-0.05, 0) is 37.5 Å². The minimum Gasteiger partial charge on any atom is -0.409 e. The number of nitrogens with zero attached hydrogens (tertiary/aromatic N) is 2. The van der Waals surface area contributed by atoms with Crippen molar-refractivity contribution in [1.29, 1.82) is 0 Å². The molecule has 0 spiro atoms. The molecule has 3 N–H and O–H groups in total. The van der Waals surface area contributed by atoms with Crippen molar-refractivity contribution in [3.8, 4) is 0 Å². The van der Waals surface area contributed by atoms with Gasteiger partial charge in [0, 0.05) is 12.2 Å². The van der Waals surface area contributed by atoms with Gasteiger partial charge in [-0.15, -0.1) is 0 Å². The summed E-state index contributed by atoms with van der Waals surface area (Å²) >= 11 is 0. The summed E-state index contributed by atoms with van der Waals surface area (Å²) in [4.78, 5) is 14.3. The quantitative estimate of drug-likeness (QED) is 0.375. The van der Waals surface area contributed by atoms with Gasteiger partial charge >= 0.3 is 0 Å². The summed E-state index contributed by atoms with van der Waals surface area (Å²) in [6.45, 7) is 8.18. The Labute approximate surface area is 120 Å². The zero-order chi connectivity index (χ0) is 15.3. The average Bonchev–Trinajstić information content (AvgIpc) is 2.39. The highest BCUT2D eigenvalue weighted by atomic mass is 16.4. The second-order valence-electron chi connectivity index (χ2n) is 5.17. The smallest absolute Gasteiger partial charge is 0.238 e. The van der Waals surface area contributed by atoms with E-state index >= 15 is 0 Å². The van der Waals surface area contributed by atoms with Gasteiger partial charge in [0.2, 0.25) is 5.91 Å². The van der Waals surface area contributed by atoms with E-state index in [1.165, 1.54) is 0 Å². The number of benzene rings is 1. The highest BCUT2D eigenvalue weighted by Gasteiger charge is 2.31. The van der Waals surface area contributed by atoms with Crippen molar-refractivity contribution in [2.24, 2.45) is 22.7 Å². The van der Waals surface area contributed by atoms with Gasteiger partial charge in [0.1, 0.15) is 5.92 Å². The van der Waals surface area contributed by atoms with Gasteiger partial charge in [0.15, 0.2) is 5.84 Å². The molecule has 110 valence electrons. The average molecular weight is 277 g/mol. The first-order chi connectivity index (χ1) is 9.42. The van der Waals surface area contributed by atoms with Crippen LogP contribution >= 0.6 is 0 Å². The van der Waals surface area contributed by atoms with Crippen LogP contribution in [0.15, 0.2) is 29.4 Å². The molecule has 0 fully saturated rings. The minimum absolute atomic E-state index is 0.0442. The van der Waals surface area contributed by atoms with Gasteiger partial charge in [-0.25, -0.2) is 0 Å². The molecular weight excluding hydrogens is 254 g/mol. The van der Waals surface area contributed by atoms with E-state index in [2.05, 4.69) is 5.16 Å². The maximum absolute atomic E-state index is 12.7. The van der Waals surface area contributed by atoms with Gasteiger partial charge in [0.25, 0.3) is 0 Å². The molecule has 0 saturated carbocycles. The number of aryl methyl sites for hydroxylation is 1. The van der Waals surface area contributed by atoms with Crippen LogP contribution in [0, 0.1) is 18.8 Å². The Balaban J connectivity index is 3.13.